The van der Waals surface area contributed by atoms with Crippen molar-refractivity contribution in [2.24, 2.45) is 0 Å². The number of hydrogen-bond acceptors (Lipinski definition) is 7. The van der Waals surface area contributed by atoms with E-state index in [0.717, 1.165) is 15.6 Å². The molecule has 0 fully saturated rings. The first kappa shape index (κ1) is 16.2. The van der Waals surface area contributed by atoms with Gasteiger partial charge in [-0.05, 0) is 20.8 Å². The van der Waals surface area contributed by atoms with Gasteiger partial charge in [-0.15, -0.1) is 11.3 Å². The Bertz CT molecular complexity index is 687. The van der Waals surface area contributed by atoms with Crippen LogP contribution in [0.3, 0.4) is 0 Å². The van der Waals surface area contributed by atoms with Gasteiger partial charge in [-0.2, -0.15) is 4.98 Å². The van der Waals surface area contributed by atoms with Crippen molar-refractivity contribution < 1.29 is 9.66 Å². The Morgan fingerprint density at radius 3 is 2.59 bits per heavy atom. The Morgan fingerprint density at radius 1 is 1.36 bits per heavy atom. The molecule has 0 saturated carbocycles. The quantitative estimate of drug-likeness (QED) is 0.600. The molecule has 2 heterocycles. The van der Waals surface area contributed by atoms with E-state index in [0.29, 0.717) is 24.8 Å². The van der Waals surface area contributed by atoms with Gasteiger partial charge in [0.25, 0.3) is 0 Å². The normalized spacial score (nSPS) is 10.5. The molecule has 0 spiro atoms. The molecule has 0 unspecified atom stereocenters. The number of anilines is 1. The predicted octanol–water partition coefficient (Wildman–Crippen LogP) is 3.10. The number of aromatic nitrogens is 2. The van der Waals surface area contributed by atoms with Crippen LogP contribution in [0, 0.1) is 24.0 Å². The molecule has 0 aromatic carbocycles. The molecule has 0 aliphatic heterocycles. The van der Waals surface area contributed by atoms with Crippen molar-refractivity contribution in [3.8, 4) is 5.88 Å². The van der Waals surface area contributed by atoms with Crippen LogP contribution in [0.4, 0.5) is 11.5 Å². The van der Waals surface area contributed by atoms with Crippen LogP contribution in [0.15, 0.2) is 12.1 Å². The Labute approximate surface area is 132 Å². The fourth-order valence-electron chi connectivity index (χ4n) is 2.14. The first-order chi connectivity index (χ1) is 10.5. The lowest BCUT2D eigenvalue weighted by Crippen LogP contribution is -2.24. The number of aryl methyl sites for hydroxylation is 2. The second-order valence-corrected chi connectivity index (χ2v) is 6.00. The molecule has 0 N–H and O–H groups in total. The summed E-state index contributed by atoms with van der Waals surface area (Å²) in [5, 5.41) is 12.2. The van der Waals surface area contributed by atoms with E-state index in [4.69, 9.17) is 4.74 Å². The van der Waals surface area contributed by atoms with Gasteiger partial charge in [0.15, 0.2) is 0 Å². The van der Waals surface area contributed by atoms with E-state index >= 15 is 0 Å². The number of ether oxygens (including phenoxy) is 1. The van der Waals surface area contributed by atoms with Gasteiger partial charge < -0.3 is 9.64 Å². The zero-order valence-electron chi connectivity index (χ0n) is 13.0. The van der Waals surface area contributed by atoms with Crippen LogP contribution >= 0.6 is 11.3 Å². The minimum Gasteiger partial charge on any atom is -0.481 e. The molecule has 0 atom stereocenters. The van der Waals surface area contributed by atoms with Crippen molar-refractivity contribution in [3.05, 3.63) is 37.8 Å². The molecule has 0 saturated heterocycles. The monoisotopic (exact) mass is 322 g/mol. The average molecular weight is 322 g/mol. The molecule has 22 heavy (non-hydrogen) atoms. The molecule has 8 heteroatoms. The molecular formula is C14H18N4O3S. The van der Waals surface area contributed by atoms with Crippen LogP contribution in [0.2, 0.25) is 0 Å². The van der Waals surface area contributed by atoms with E-state index in [1.165, 1.54) is 19.2 Å². The Hall–Kier alpha value is -2.22. The molecule has 0 aliphatic rings. The highest BCUT2D eigenvalue weighted by atomic mass is 32.1. The summed E-state index contributed by atoms with van der Waals surface area (Å²) in [4.78, 5) is 22.4. The Morgan fingerprint density at radius 2 is 2.09 bits per heavy atom. The topological polar surface area (TPSA) is 81.4 Å². The third-order valence-corrected chi connectivity index (χ3v) is 4.31. The van der Waals surface area contributed by atoms with Gasteiger partial charge in [0, 0.05) is 23.6 Å². The standard InChI is InChI=1S/C14H18N4O3S/c1-5-17(8-12-9(2)15-10(3)22-12)14-11(18(19)20)6-7-13(16-14)21-4/h6-7H,5,8H2,1-4H3. The number of nitrogens with zero attached hydrogens (tertiary/aromatic N) is 4. The maximum atomic E-state index is 11.3. The van der Waals surface area contributed by atoms with Gasteiger partial charge in [0.2, 0.25) is 11.7 Å². The molecule has 2 rings (SSSR count). The van der Waals surface area contributed by atoms with Crippen molar-refractivity contribution in [2.45, 2.75) is 27.3 Å². The smallest absolute Gasteiger partial charge is 0.311 e. The summed E-state index contributed by atoms with van der Waals surface area (Å²) in [6.45, 7) is 6.96. The van der Waals surface area contributed by atoms with E-state index in [1.54, 1.807) is 11.3 Å². The van der Waals surface area contributed by atoms with Gasteiger partial charge >= 0.3 is 5.69 Å². The van der Waals surface area contributed by atoms with Crippen molar-refractivity contribution >= 4 is 22.8 Å². The van der Waals surface area contributed by atoms with Crippen molar-refractivity contribution in [1.29, 1.82) is 0 Å². The largest absolute Gasteiger partial charge is 0.481 e. The zero-order valence-corrected chi connectivity index (χ0v) is 13.8. The van der Waals surface area contributed by atoms with Crippen molar-refractivity contribution in [3.63, 3.8) is 0 Å². The lowest BCUT2D eigenvalue weighted by Gasteiger charge is -2.21. The number of nitro groups is 1. The molecule has 0 amide bonds. The summed E-state index contributed by atoms with van der Waals surface area (Å²) in [5.41, 5.74) is 0.924. The minimum atomic E-state index is -0.421. The maximum Gasteiger partial charge on any atom is 0.311 e. The zero-order chi connectivity index (χ0) is 16.3. The summed E-state index contributed by atoms with van der Waals surface area (Å²) in [6, 6.07) is 2.92. The van der Waals surface area contributed by atoms with Crippen molar-refractivity contribution in [1.82, 2.24) is 9.97 Å². The Kier molecular flexibility index (Phi) is 4.92. The molecule has 0 radical (unpaired) electrons. The highest BCUT2D eigenvalue weighted by Crippen LogP contribution is 2.30. The average Bonchev–Trinajstić information content (AvgIpc) is 2.81. The van der Waals surface area contributed by atoms with Gasteiger partial charge in [0.1, 0.15) is 0 Å². The molecular weight excluding hydrogens is 304 g/mol. The van der Waals surface area contributed by atoms with Gasteiger partial charge in [-0.3, -0.25) is 10.1 Å². The van der Waals surface area contributed by atoms with Gasteiger partial charge in [-0.25, -0.2) is 4.98 Å². The van der Waals surface area contributed by atoms with Crippen LogP contribution in [0.5, 0.6) is 5.88 Å². The third kappa shape index (κ3) is 3.33. The van der Waals surface area contributed by atoms with E-state index in [1.807, 2.05) is 25.7 Å². The summed E-state index contributed by atoms with van der Waals surface area (Å²) in [7, 11) is 1.49. The number of rotatable bonds is 6. The van der Waals surface area contributed by atoms with Crippen LogP contribution in [-0.2, 0) is 6.54 Å². The summed E-state index contributed by atoms with van der Waals surface area (Å²) in [5.74, 6) is 0.675. The predicted molar refractivity (Wildman–Crippen MR) is 85.8 cm³/mol. The molecule has 2 aromatic heterocycles. The van der Waals surface area contributed by atoms with E-state index in [2.05, 4.69) is 9.97 Å². The first-order valence-electron chi connectivity index (χ1n) is 6.83. The molecule has 7 nitrogen and oxygen atoms in total. The van der Waals surface area contributed by atoms with E-state index < -0.39 is 4.92 Å². The summed E-state index contributed by atoms with van der Waals surface area (Å²) >= 11 is 1.60. The molecule has 0 bridgehead atoms. The van der Waals surface area contributed by atoms with Crippen LogP contribution in [-0.4, -0.2) is 28.5 Å². The van der Waals surface area contributed by atoms with Crippen LogP contribution in [0.25, 0.3) is 0 Å². The first-order valence-corrected chi connectivity index (χ1v) is 7.65. The fourth-order valence-corrected chi connectivity index (χ4v) is 3.10. The Balaban J connectivity index is 2.41. The number of thiazole rings is 1. The molecule has 2 aromatic rings. The van der Waals surface area contributed by atoms with Gasteiger partial charge in [-0.1, -0.05) is 0 Å². The van der Waals surface area contributed by atoms with Crippen LogP contribution in [0.1, 0.15) is 22.5 Å². The number of methoxy groups -OCH3 is 1. The summed E-state index contributed by atoms with van der Waals surface area (Å²) < 4.78 is 5.09. The maximum absolute atomic E-state index is 11.3. The van der Waals surface area contributed by atoms with Gasteiger partial charge in [0.05, 0.1) is 29.3 Å². The number of hydrogen-bond donors (Lipinski definition) is 0. The van der Waals surface area contributed by atoms with E-state index in [-0.39, 0.29) is 5.69 Å². The minimum absolute atomic E-state index is 0.0264. The lowest BCUT2D eigenvalue weighted by atomic mass is 10.3. The van der Waals surface area contributed by atoms with Crippen molar-refractivity contribution in [2.75, 3.05) is 18.6 Å². The van der Waals surface area contributed by atoms with E-state index in [9.17, 15) is 10.1 Å². The second-order valence-electron chi connectivity index (χ2n) is 4.71. The van der Waals surface area contributed by atoms with Crippen LogP contribution < -0.4 is 9.64 Å². The second kappa shape index (κ2) is 6.69. The summed E-state index contributed by atoms with van der Waals surface area (Å²) in [6.07, 6.45) is 0. The highest BCUT2D eigenvalue weighted by Gasteiger charge is 2.22. The fraction of sp³-hybridized carbons (Fsp3) is 0.429. The lowest BCUT2D eigenvalue weighted by molar-refractivity contribution is -0.384. The SMILES string of the molecule is CCN(Cc1sc(C)nc1C)c1nc(OC)ccc1[N+](=O)[O-]. The highest BCUT2D eigenvalue weighted by molar-refractivity contribution is 7.11. The number of pyridine rings is 1. The third-order valence-electron chi connectivity index (χ3n) is 3.25. The molecule has 118 valence electrons. The molecule has 0 aliphatic carbocycles.